The van der Waals surface area contributed by atoms with Crippen LogP contribution in [0, 0.1) is 23.3 Å². The molecule has 1 heterocycles. The first-order chi connectivity index (χ1) is 12.7. The number of carbonyl (C=O) groups is 2. The Kier molecular flexibility index (Phi) is 7.23. The van der Waals surface area contributed by atoms with Gasteiger partial charge in [-0.25, -0.2) is 9.69 Å². The molecule has 1 aliphatic heterocycles. The Balaban J connectivity index is 2.14. The third-order valence-corrected chi connectivity index (χ3v) is 5.32. The van der Waals surface area contributed by atoms with Crippen LogP contribution in [-0.2, 0) is 20.9 Å². The standard InChI is InChI=1S/C21H29NO4Si/c1-16(20(23)22-12-13-25-21(22)24)19(11-14-27(3,4)5)17(2)26-15-18-9-7-6-8-10-18/h6-10,16-17,19H,12-13,15H2,1-5H3/t16-,17+,19+/m0/s1. The highest BCUT2D eigenvalue weighted by atomic mass is 28.3. The van der Waals surface area contributed by atoms with E-state index in [9.17, 15) is 9.59 Å². The fourth-order valence-electron chi connectivity index (χ4n) is 2.85. The summed E-state index contributed by atoms with van der Waals surface area (Å²) in [7, 11) is -1.61. The third kappa shape index (κ3) is 6.23. The molecule has 3 atom stereocenters. The molecule has 1 aromatic carbocycles. The Bertz CT molecular complexity index is 717. The van der Waals surface area contributed by atoms with Crippen LogP contribution < -0.4 is 0 Å². The summed E-state index contributed by atoms with van der Waals surface area (Å²) in [5, 5.41) is 0. The second-order valence-electron chi connectivity index (χ2n) is 7.94. The van der Waals surface area contributed by atoms with Crippen molar-refractivity contribution in [3.63, 3.8) is 0 Å². The molecule has 2 rings (SSSR count). The summed E-state index contributed by atoms with van der Waals surface area (Å²) in [6, 6.07) is 9.91. The Morgan fingerprint density at radius 1 is 1.26 bits per heavy atom. The zero-order chi connectivity index (χ0) is 20.0. The van der Waals surface area contributed by atoms with Crippen LogP contribution in [0.5, 0.6) is 0 Å². The van der Waals surface area contributed by atoms with Gasteiger partial charge >= 0.3 is 6.09 Å². The van der Waals surface area contributed by atoms with Crippen molar-refractivity contribution in [3.05, 3.63) is 35.9 Å². The fraction of sp³-hybridized carbons (Fsp3) is 0.524. The molecule has 1 fully saturated rings. The van der Waals surface area contributed by atoms with E-state index in [1.807, 2.05) is 44.2 Å². The number of cyclic esters (lactones) is 1. The maximum absolute atomic E-state index is 12.8. The molecule has 2 amide bonds. The average Bonchev–Trinajstić information content (AvgIpc) is 3.05. The average molecular weight is 388 g/mol. The highest BCUT2D eigenvalue weighted by Crippen LogP contribution is 2.23. The van der Waals surface area contributed by atoms with Crippen LogP contribution in [-0.4, -0.2) is 44.2 Å². The molecule has 0 radical (unpaired) electrons. The minimum Gasteiger partial charge on any atom is -0.447 e. The molecule has 0 saturated carbocycles. The van der Waals surface area contributed by atoms with Gasteiger partial charge in [0.15, 0.2) is 0 Å². The van der Waals surface area contributed by atoms with Crippen LogP contribution in [0.25, 0.3) is 0 Å². The van der Waals surface area contributed by atoms with E-state index in [0.717, 1.165) is 5.56 Å². The normalized spacial score (nSPS) is 17.5. The lowest BCUT2D eigenvalue weighted by atomic mass is 9.89. The summed E-state index contributed by atoms with van der Waals surface area (Å²) in [4.78, 5) is 25.8. The zero-order valence-electron chi connectivity index (χ0n) is 16.8. The quantitative estimate of drug-likeness (QED) is 0.552. The van der Waals surface area contributed by atoms with E-state index in [-0.39, 0.29) is 24.5 Å². The monoisotopic (exact) mass is 387 g/mol. The van der Waals surface area contributed by atoms with Gasteiger partial charge in [-0.1, -0.05) is 56.9 Å². The second-order valence-corrected chi connectivity index (χ2v) is 12.7. The molecule has 0 unspecified atom stereocenters. The number of amides is 2. The first-order valence-electron chi connectivity index (χ1n) is 9.35. The minimum absolute atomic E-state index is 0.244. The van der Waals surface area contributed by atoms with E-state index in [1.54, 1.807) is 0 Å². The summed E-state index contributed by atoms with van der Waals surface area (Å²) < 4.78 is 10.9. The second kappa shape index (κ2) is 9.20. The molecule has 0 bridgehead atoms. The topological polar surface area (TPSA) is 55.8 Å². The van der Waals surface area contributed by atoms with E-state index in [1.165, 1.54) is 4.90 Å². The maximum Gasteiger partial charge on any atom is 0.416 e. The molecule has 27 heavy (non-hydrogen) atoms. The number of rotatable bonds is 6. The van der Waals surface area contributed by atoms with E-state index >= 15 is 0 Å². The lowest BCUT2D eigenvalue weighted by Gasteiger charge is -2.27. The van der Waals surface area contributed by atoms with Crippen LogP contribution in [0.3, 0.4) is 0 Å². The molecule has 6 heteroatoms. The smallest absolute Gasteiger partial charge is 0.416 e. The number of ether oxygens (including phenoxy) is 2. The van der Waals surface area contributed by atoms with Gasteiger partial charge < -0.3 is 9.47 Å². The molecular weight excluding hydrogens is 358 g/mol. The summed E-state index contributed by atoms with van der Waals surface area (Å²) in [6.45, 7) is 11.3. The zero-order valence-corrected chi connectivity index (χ0v) is 17.8. The molecule has 1 aliphatic rings. The van der Waals surface area contributed by atoms with Gasteiger partial charge in [0.1, 0.15) is 14.7 Å². The van der Waals surface area contributed by atoms with Crippen molar-refractivity contribution in [3.8, 4) is 11.5 Å². The van der Waals surface area contributed by atoms with Crippen LogP contribution >= 0.6 is 0 Å². The van der Waals surface area contributed by atoms with Gasteiger partial charge in [-0.15, -0.1) is 11.5 Å². The number of benzene rings is 1. The lowest BCUT2D eigenvalue weighted by Crippen LogP contribution is -2.41. The fourth-order valence-corrected chi connectivity index (χ4v) is 3.45. The number of carbonyl (C=O) groups excluding carboxylic acids is 2. The summed E-state index contributed by atoms with van der Waals surface area (Å²) in [5.41, 5.74) is 4.43. The Hall–Kier alpha value is -2.10. The molecular formula is C21H29NO4Si. The number of nitrogens with zero attached hydrogens (tertiary/aromatic N) is 1. The van der Waals surface area contributed by atoms with Crippen molar-refractivity contribution in [2.45, 2.75) is 46.2 Å². The Morgan fingerprint density at radius 3 is 2.48 bits per heavy atom. The number of hydrogen-bond acceptors (Lipinski definition) is 4. The van der Waals surface area contributed by atoms with Crippen molar-refractivity contribution in [1.82, 2.24) is 4.90 Å². The van der Waals surface area contributed by atoms with Gasteiger partial charge in [-0.3, -0.25) is 4.79 Å². The minimum atomic E-state index is -1.61. The summed E-state index contributed by atoms with van der Waals surface area (Å²) in [6.07, 6.45) is -0.812. The van der Waals surface area contributed by atoms with Gasteiger partial charge in [0.25, 0.3) is 0 Å². The van der Waals surface area contributed by atoms with Crippen LogP contribution in [0.15, 0.2) is 30.3 Å². The first kappa shape index (κ1) is 21.2. The predicted octanol–water partition coefficient (Wildman–Crippen LogP) is 3.70. The molecule has 146 valence electrons. The van der Waals surface area contributed by atoms with Crippen LogP contribution in [0.2, 0.25) is 19.6 Å². The van der Waals surface area contributed by atoms with E-state index in [2.05, 4.69) is 31.1 Å². The molecule has 0 N–H and O–H groups in total. The van der Waals surface area contributed by atoms with Gasteiger partial charge in [-0.2, -0.15) is 0 Å². The predicted molar refractivity (Wildman–Crippen MR) is 108 cm³/mol. The van der Waals surface area contributed by atoms with Gasteiger partial charge in [0.05, 0.1) is 31.1 Å². The molecule has 1 saturated heterocycles. The number of hydrogen-bond donors (Lipinski definition) is 0. The summed E-state index contributed by atoms with van der Waals surface area (Å²) >= 11 is 0. The van der Waals surface area contributed by atoms with Crippen molar-refractivity contribution < 1.29 is 19.1 Å². The molecule has 0 spiro atoms. The van der Waals surface area contributed by atoms with Crippen LogP contribution in [0.4, 0.5) is 4.79 Å². The lowest BCUT2D eigenvalue weighted by molar-refractivity contribution is -0.134. The van der Waals surface area contributed by atoms with Crippen LogP contribution in [0.1, 0.15) is 19.4 Å². The SMILES string of the molecule is C[C@H](C(=O)N1CCOC1=O)[C@@H](C#C[Si](C)(C)C)[C@@H](C)OCc1ccccc1. The van der Waals surface area contributed by atoms with Gasteiger partial charge in [0.2, 0.25) is 5.91 Å². The number of imide groups is 1. The van der Waals surface area contributed by atoms with E-state index in [0.29, 0.717) is 13.2 Å². The van der Waals surface area contributed by atoms with Crippen molar-refractivity contribution in [2.75, 3.05) is 13.2 Å². The van der Waals surface area contributed by atoms with Crippen molar-refractivity contribution >= 4 is 20.1 Å². The molecule has 0 aliphatic carbocycles. The van der Waals surface area contributed by atoms with Crippen molar-refractivity contribution in [1.29, 1.82) is 0 Å². The highest BCUT2D eigenvalue weighted by molar-refractivity contribution is 6.83. The third-order valence-electron chi connectivity index (χ3n) is 4.43. The molecule has 5 nitrogen and oxygen atoms in total. The summed E-state index contributed by atoms with van der Waals surface area (Å²) in [5.74, 6) is 2.31. The van der Waals surface area contributed by atoms with E-state index < -0.39 is 20.1 Å². The Labute approximate surface area is 163 Å². The largest absolute Gasteiger partial charge is 0.447 e. The molecule has 1 aromatic rings. The highest BCUT2D eigenvalue weighted by Gasteiger charge is 2.36. The molecule has 0 aromatic heterocycles. The van der Waals surface area contributed by atoms with E-state index in [4.69, 9.17) is 9.47 Å². The van der Waals surface area contributed by atoms with Gasteiger partial charge in [-0.05, 0) is 12.5 Å². The van der Waals surface area contributed by atoms with Crippen molar-refractivity contribution in [2.24, 2.45) is 11.8 Å². The first-order valence-corrected chi connectivity index (χ1v) is 12.9. The van der Waals surface area contributed by atoms with Gasteiger partial charge in [0, 0.05) is 0 Å². The maximum atomic E-state index is 12.8. The Morgan fingerprint density at radius 2 is 1.93 bits per heavy atom.